The Morgan fingerprint density at radius 3 is 2.56 bits per heavy atom. The number of urea groups is 1. The lowest BCUT2D eigenvalue weighted by molar-refractivity contribution is -0.139. The number of aliphatic carboxylic acids is 1. The van der Waals surface area contributed by atoms with Crippen molar-refractivity contribution in [1.29, 1.82) is 0 Å². The molecule has 0 saturated heterocycles. The highest BCUT2D eigenvalue weighted by Gasteiger charge is 2.47. The van der Waals surface area contributed by atoms with Gasteiger partial charge in [-0.2, -0.15) is 0 Å². The molecule has 0 aliphatic heterocycles. The molecule has 3 N–H and O–H groups in total. The Morgan fingerprint density at radius 1 is 1.32 bits per heavy atom. The summed E-state index contributed by atoms with van der Waals surface area (Å²) in [5, 5.41) is 14.7. The van der Waals surface area contributed by atoms with Crippen molar-refractivity contribution in [2.45, 2.75) is 50.2 Å². The largest absolute Gasteiger partial charge is 0.480 e. The minimum Gasteiger partial charge on any atom is -0.480 e. The predicted molar refractivity (Wildman–Crippen MR) is 90.7 cm³/mol. The first kappa shape index (κ1) is 17.7. The van der Waals surface area contributed by atoms with Crippen molar-refractivity contribution in [3.63, 3.8) is 0 Å². The molecule has 1 aromatic carbocycles. The van der Waals surface area contributed by atoms with Gasteiger partial charge in [-0.05, 0) is 38.3 Å². The van der Waals surface area contributed by atoms with Gasteiger partial charge in [-0.1, -0.05) is 25.1 Å². The number of carbonyl (C=O) groups excluding carboxylic acids is 1. The lowest BCUT2D eigenvalue weighted by atomic mass is 9.85. The maximum atomic E-state index is 14.0. The summed E-state index contributed by atoms with van der Waals surface area (Å²) in [5.74, 6) is -1.13. The molecule has 2 aliphatic rings. The van der Waals surface area contributed by atoms with E-state index in [2.05, 4.69) is 10.6 Å². The van der Waals surface area contributed by atoms with Crippen LogP contribution in [0.5, 0.6) is 0 Å². The number of nitrogens with zero attached hydrogens (tertiary/aromatic N) is 1. The first-order valence-corrected chi connectivity index (χ1v) is 8.73. The zero-order valence-electron chi connectivity index (χ0n) is 14.3. The molecule has 0 heterocycles. The quantitative estimate of drug-likeness (QED) is 0.704. The SMILES string of the molecule is CCN(CC(=O)O)C1CC(NC(=O)NC2(c3ccccc3F)CC2)C1. The summed E-state index contributed by atoms with van der Waals surface area (Å²) in [7, 11) is 0. The second-order valence-corrected chi connectivity index (χ2v) is 6.94. The number of carboxylic acid groups (broad SMARTS) is 1. The standard InChI is InChI=1S/C18H24FN3O3/c1-2-22(11-16(23)24)13-9-12(10-13)20-17(25)21-18(7-8-18)14-5-3-4-6-15(14)19/h3-6,12-13H,2,7-11H2,1H3,(H,23,24)(H2,20,21,25). The number of likely N-dealkylation sites (N-methyl/N-ethyl adjacent to an activating group) is 1. The van der Waals surface area contributed by atoms with Crippen molar-refractivity contribution in [2.75, 3.05) is 13.1 Å². The fourth-order valence-corrected chi connectivity index (χ4v) is 3.55. The molecule has 0 radical (unpaired) electrons. The molecule has 0 atom stereocenters. The smallest absolute Gasteiger partial charge is 0.317 e. The summed E-state index contributed by atoms with van der Waals surface area (Å²) in [5.41, 5.74) is -0.0487. The molecule has 2 aliphatic carbocycles. The first-order chi connectivity index (χ1) is 11.9. The molecule has 7 heteroatoms. The number of hydrogen-bond donors (Lipinski definition) is 3. The average molecular weight is 349 g/mol. The molecule has 0 aromatic heterocycles. The van der Waals surface area contributed by atoms with Crippen molar-refractivity contribution >= 4 is 12.0 Å². The molecule has 0 bridgehead atoms. The van der Waals surface area contributed by atoms with E-state index >= 15 is 0 Å². The molecule has 0 unspecified atom stereocenters. The monoisotopic (exact) mass is 349 g/mol. The van der Waals surface area contributed by atoms with Crippen molar-refractivity contribution < 1.29 is 19.1 Å². The van der Waals surface area contributed by atoms with Gasteiger partial charge < -0.3 is 15.7 Å². The van der Waals surface area contributed by atoms with Gasteiger partial charge in [-0.25, -0.2) is 9.18 Å². The highest BCUT2D eigenvalue weighted by Crippen LogP contribution is 2.46. The van der Waals surface area contributed by atoms with E-state index in [1.54, 1.807) is 18.2 Å². The predicted octanol–water partition coefficient (Wildman–Crippen LogP) is 2.05. The van der Waals surface area contributed by atoms with E-state index in [0.29, 0.717) is 12.1 Å². The number of benzene rings is 1. The third-order valence-corrected chi connectivity index (χ3v) is 5.20. The molecule has 2 amide bonds. The number of carbonyl (C=O) groups is 2. The van der Waals surface area contributed by atoms with Crippen molar-refractivity contribution in [1.82, 2.24) is 15.5 Å². The number of nitrogens with one attached hydrogen (secondary N) is 2. The molecule has 3 rings (SSSR count). The van der Waals surface area contributed by atoms with E-state index in [4.69, 9.17) is 5.11 Å². The summed E-state index contributed by atoms with van der Waals surface area (Å²) >= 11 is 0. The van der Waals surface area contributed by atoms with Crippen LogP contribution in [0, 0.1) is 5.82 Å². The number of carboxylic acids is 1. The van der Waals surface area contributed by atoms with E-state index < -0.39 is 11.5 Å². The number of amides is 2. The van der Waals surface area contributed by atoms with Crippen molar-refractivity contribution in [3.05, 3.63) is 35.6 Å². The zero-order chi connectivity index (χ0) is 18.0. The Kier molecular flexibility index (Phi) is 4.94. The minimum absolute atomic E-state index is 0.0243. The van der Waals surface area contributed by atoms with Crippen LogP contribution in [-0.2, 0) is 10.3 Å². The fourth-order valence-electron chi connectivity index (χ4n) is 3.55. The fraction of sp³-hybridized carbons (Fsp3) is 0.556. The van der Waals surface area contributed by atoms with Crippen LogP contribution in [0.25, 0.3) is 0 Å². The highest BCUT2D eigenvalue weighted by molar-refractivity contribution is 5.76. The third-order valence-electron chi connectivity index (χ3n) is 5.20. The summed E-state index contributed by atoms with van der Waals surface area (Å²) in [6.07, 6.45) is 2.94. The third kappa shape index (κ3) is 3.92. The van der Waals surface area contributed by atoms with Crippen LogP contribution in [0.15, 0.2) is 24.3 Å². The maximum absolute atomic E-state index is 14.0. The Hall–Kier alpha value is -2.15. The second-order valence-electron chi connectivity index (χ2n) is 6.94. The highest BCUT2D eigenvalue weighted by atomic mass is 19.1. The van der Waals surface area contributed by atoms with E-state index in [-0.39, 0.29) is 30.5 Å². The van der Waals surface area contributed by atoms with Gasteiger partial charge in [0.1, 0.15) is 5.82 Å². The molecular weight excluding hydrogens is 325 g/mol. The molecular formula is C18H24FN3O3. The zero-order valence-corrected chi connectivity index (χ0v) is 14.3. The summed E-state index contributed by atoms with van der Waals surface area (Å²) in [6.45, 7) is 2.63. The van der Waals surface area contributed by atoms with E-state index in [0.717, 1.165) is 25.7 Å². The van der Waals surface area contributed by atoms with Gasteiger partial charge in [0.05, 0.1) is 12.1 Å². The number of hydrogen-bond acceptors (Lipinski definition) is 3. The van der Waals surface area contributed by atoms with Gasteiger partial charge in [0.2, 0.25) is 0 Å². The van der Waals surface area contributed by atoms with E-state index in [1.807, 2.05) is 11.8 Å². The van der Waals surface area contributed by atoms with Crippen LogP contribution in [0.2, 0.25) is 0 Å². The second kappa shape index (κ2) is 7.00. The van der Waals surface area contributed by atoms with E-state index in [1.165, 1.54) is 6.07 Å². The number of halogens is 1. The average Bonchev–Trinajstić information content (AvgIpc) is 3.29. The molecule has 2 saturated carbocycles. The Bertz CT molecular complexity index is 657. The van der Waals surface area contributed by atoms with Crippen LogP contribution in [0.4, 0.5) is 9.18 Å². The van der Waals surface area contributed by atoms with Crippen LogP contribution < -0.4 is 10.6 Å². The van der Waals surface area contributed by atoms with Gasteiger partial charge in [-0.15, -0.1) is 0 Å². The summed E-state index contributed by atoms with van der Waals surface area (Å²) in [4.78, 5) is 25.0. The first-order valence-electron chi connectivity index (χ1n) is 8.73. The van der Waals surface area contributed by atoms with Crippen LogP contribution in [-0.4, -0.2) is 47.2 Å². The Balaban J connectivity index is 1.49. The van der Waals surface area contributed by atoms with Gasteiger partial charge in [0.25, 0.3) is 0 Å². The Morgan fingerprint density at radius 2 is 2.00 bits per heavy atom. The van der Waals surface area contributed by atoms with E-state index in [9.17, 15) is 14.0 Å². The summed E-state index contributed by atoms with van der Waals surface area (Å²) < 4.78 is 14.0. The van der Waals surface area contributed by atoms with Crippen LogP contribution >= 0.6 is 0 Å². The summed E-state index contributed by atoms with van der Waals surface area (Å²) in [6, 6.07) is 6.47. The lowest BCUT2D eigenvalue weighted by Crippen LogP contribution is -2.57. The Labute approximate surface area is 146 Å². The van der Waals surface area contributed by atoms with Gasteiger partial charge in [-0.3, -0.25) is 9.69 Å². The maximum Gasteiger partial charge on any atom is 0.317 e. The van der Waals surface area contributed by atoms with Crippen molar-refractivity contribution in [3.8, 4) is 0 Å². The molecule has 0 spiro atoms. The molecule has 136 valence electrons. The van der Waals surface area contributed by atoms with Gasteiger partial charge >= 0.3 is 12.0 Å². The lowest BCUT2D eigenvalue weighted by Gasteiger charge is -2.42. The van der Waals surface area contributed by atoms with Gasteiger partial charge in [0.15, 0.2) is 0 Å². The van der Waals surface area contributed by atoms with Crippen molar-refractivity contribution in [2.24, 2.45) is 0 Å². The van der Waals surface area contributed by atoms with Crippen LogP contribution in [0.3, 0.4) is 0 Å². The molecule has 6 nitrogen and oxygen atoms in total. The minimum atomic E-state index is -0.837. The topological polar surface area (TPSA) is 81.7 Å². The molecule has 25 heavy (non-hydrogen) atoms. The normalized spacial score (nSPS) is 23.6. The van der Waals surface area contributed by atoms with Crippen LogP contribution in [0.1, 0.15) is 38.2 Å². The van der Waals surface area contributed by atoms with Gasteiger partial charge in [0, 0.05) is 17.6 Å². The number of rotatable bonds is 7. The molecule has 2 fully saturated rings. The molecule has 1 aromatic rings.